The molecular formula is C14H12BrClO. The number of aryl methyl sites for hydroxylation is 1. The van der Waals surface area contributed by atoms with Gasteiger partial charge in [-0.05, 0) is 42.3 Å². The van der Waals surface area contributed by atoms with Crippen LogP contribution in [-0.2, 0) is 6.61 Å². The predicted octanol–water partition coefficient (Wildman–Crippen LogP) is 4.99. The van der Waals surface area contributed by atoms with Crippen molar-refractivity contribution < 1.29 is 4.74 Å². The predicted molar refractivity (Wildman–Crippen MR) is 74.7 cm³/mol. The molecule has 0 bridgehead atoms. The van der Waals surface area contributed by atoms with Crippen LogP contribution in [0.2, 0.25) is 5.02 Å². The fraction of sp³-hybridized carbons (Fsp3) is 0.143. The van der Waals surface area contributed by atoms with Gasteiger partial charge in [-0.15, -0.1) is 0 Å². The first-order valence-electron chi connectivity index (χ1n) is 5.28. The first-order chi connectivity index (χ1) is 8.15. The van der Waals surface area contributed by atoms with Gasteiger partial charge in [0.25, 0.3) is 0 Å². The molecule has 1 nitrogen and oxygen atoms in total. The maximum atomic E-state index is 5.92. The SMILES string of the molecule is Cc1ccc(Br)cc1OCc1cccc(Cl)c1. The van der Waals surface area contributed by atoms with Crippen molar-refractivity contribution in [2.45, 2.75) is 13.5 Å². The Labute approximate surface area is 115 Å². The van der Waals surface area contributed by atoms with Gasteiger partial charge in [0.1, 0.15) is 12.4 Å². The first kappa shape index (κ1) is 12.5. The average Bonchev–Trinajstić information content (AvgIpc) is 2.30. The number of hydrogen-bond donors (Lipinski definition) is 0. The molecule has 2 aromatic rings. The maximum Gasteiger partial charge on any atom is 0.123 e. The Hall–Kier alpha value is -0.990. The summed E-state index contributed by atoms with van der Waals surface area (Å²) in [6.45, 7) is 2.55. The lowest BCUT2D eigenvalue weighted by atomic mass is 10.2. The molecule has 0 N–H and O–H groups in total. The van der Waals surface area contributed by atoms with Gasteiger partial charge in [0.2, 0.25) is 0 Å². The van der Waals surface area contributed by atoms with Gasteiger partial charge in [0, 0.05) is 9.50 Å². The lowest BCUT2D eigenvalue weighted by molar-refractivity contribution is 0.304. The highest BCUT2D eigenvalue weighted by atomic mass is 79.9. The first-order valence-corrected chi connectivity index (χ1v) is 6.45. The van der Waals surface area contributed by atoms with Crippen LogP contribution in [0.4, 0.5) is 0 Å². The molecule has 0 spiro atoms. The minimum absolute atomic E-state index is 0.526. The third-order valence-corrected chi connectivity index (χ3v) is 3.16. The van der Waals surface area contributed by atoms with Crippen molar-refractivity contribution in [3.63, 3.8) is 0 Å². The molecule has 0 fully saturated rings. The normalized spacial score (nSPS) is 10.3. The van der Waals surface area contributed by atoms with Crippen LogP contribution in [0.5, 0.6) is 5.75 Å². The van der Waals surface area contributed by atoms with Crippen molar-refractivity contribution in [2.24, 2.45) is 0 Å². The summed E-state index contributed by atoms with van der Waals surface area (Å²) in [6, 6.07) is 13.7. The highest BCUT2D eigenvalue weighted by Crippen LogP contribution is 2.24. The average molecular weight is 312 g/mol. The monoisotopic (exact) mass is 310 g/mol. The molecule has 0 amide bonds. The van der Waals surface area contributed by atoms with Crippen LogP contribution >= 0.6 is 27.5 Å². The maximum absolute atomic E-state index is 5.92. The summed E-state index contributed by atoms with van der Waals surface area (Å²) in [5.41, 5.74) is 2.19. The molecule has 0 aliphatic rings. The number of rotatable bonds is 3. The molecule has 3 heteroatoms. The van der Waals surface area contributed by atoms with E-state index < -0.39 is 0 Å². The lowest BCUT2D eigenvalue weighted by Gasteiger charge is -2.09. The number of hydrogen-bond acceptors (Lipinski definition) is 1. The summed E-state index contributed by atoms with van der Waals surface area (Å²) in [4.78, 5) is 0. The molecule has 2 rings (SSSR count). The van der Waals surface area contributed by atoms with Gasteiger partial charge in [-0.25, -0.2) is 0 Å². The molecule has 0 saturated carbocycles. The molecule has 2 aromatic carbocycles. The molecule has 17 heavy (non-hydrogen) atoms. The Bertz CT molecular complexity index is 525. The van der Waals surface area contributed by atoms with E-state index in [0.717, 1.165) is 26.4 Å². The fourth-order valence-corrected chi connectivity index (χ4v) is 2.07. The summed E-state index contributed by atoms with van der Waals surface area (Å²) < 4.78 is 6.79. The van der Waals surface area contributed by atoms with Gasteiger partial charge in [0.15, 0.2) is 0 Å². The Morgan fingerprint density at radius 3 is 2.76 bits per heavy atom. The zero-order valence-corrected chi connectivity index (χ0v) is 11.8. The van der Waals surface area contributed by atoms with Gasteiger partial charge >= 0.3 is 0 Å². The lowest BCUT2D eigenvalue weighted by Crippen LogP contribution is -1.96. The van der Waals surface area contributed by atoms with Gasteiger partial charge in [-0.2, -0.15) is 0 Å². The van der Waals surface area contributed by atoms with Crippen LogP contribution in [0, 0.1) is 6.92 Å². The van der Waals surface area contributed by atoms with Crippen LogP contribution in [0.15, 0.2) is 46.9 Å². The Morgan fingerprint density at radius 1 is 1.18 bits per heavy atom. The quantitative estimate of drug-likeness (QED) is 0.776. The largest absolute Gasteiger partial charge is 0.489 e. The summed E-state index contributed by atoms with van der Waals surface area (Å²) in [6.07, 6.45) is 0. The van der Waals surface area contributed by atoms with Crippen LogP contribution in [-0.4, -0.2) is 0 Å². The molecule has 0 radical (unpaired) electrons. The van der Waals surface area contributed by atoms with E-state index in [2.05, 4.69) is 15.9 Å². The highest BCUT2D eigenvalue weighted by Gasteiger charge is 2.01. The summed E-state index contributed by atoms with van der Waals surface area (Å²) in [5.74, 6) is 0.888. The van der Waals surface area contributed by atoms with Crippen molar-refractivity contribution in [3.8, 4) is 5.75 Å². The van der Waals surface area contributed by atoms with Crippen molar-refractivity contribution in [3.05, 3.63) is 63.1 Å². The molecule has 0 heterocycles. The van der Waals surface area contributed by atoms with Crippen molar-refractivity contribution in [1.82, 2.24) is 0 Å². The van der Waals surface area contributed by atoms with E-state index in [1.165, 1.54) is 0 Å². The van der Waals surface area contributed by atoms with E-state index in [1.807, 2.05) is 49.4 Å². The van der Waals surface area contributed by atoms with E-state index in [4.69, 9.17) is 16.3 Å². The minimum atomic E-state index is 0.526. The topological polar surface area (TPSA) is 9.23 Å². The number of halogens is 2. The van der Waals surface area contributed by atoms with Crippen LogP contribution in [0.3, 0.4) is 0 Å². The van der Waals surface area contributed by atoms with Gasteiger partial charge in [0.05, 0.1) is 0 Å². The number of ether oxygens (including phenoxy) is 1. The van der Waals surface area contributed by atoms with Crippen LogP contribution < -0.4 is 4.74 Å². The molecule has 0 unspecified atom stereocenters. The second-order valence-corrected chi connectivity index (χ2v) is 5.18. The third kappa shape index (κ3) is 3.48. The van der Waals surface area contributed by atoms with Crippen molar-refractivity contribution in [1.29, 1.82) is 0 Å². The smallest absolute Gasteiger partial charge is 0.123 e. The number of benzene rings is 2. The van der Waals surface area contributed by atoms with E-state index >= 15 is 0 Å². The van der Waals surface area contributed by atoms with E-state index in [9.17, 15) is 0 Å². The van der Waals surface area contributed by atoms with Crippen molar-refractivity contribution >= 4 is 27.5 Å². The Morgan fingerprint density at radius 2 is 2.00 bits per heavy atom. The van der Waals surface area contributed by atoms with E-state index in [1.54, 1.807) is 0 Å². The molecular weight excluding hydrogens is 300 g/mol. The second kappa shape index (κ2) is 5.56. The molecule has 0 atom stereocenters. The highest BCUT2D eigenvalue weighted by molar-refractivity contribution is 9.10. The summed E-state index contributed by atoms with van der Waals surface area (Å²) in [7, 11) is 0. The second-order valence-electron chi connectivity index (χ2n) is 3.83. The zero-order valence-electron chi connectivity index (χ0n) is 9.41. The molecule has 0 aliphatic heterocycles. The van der Waals surface area contributed by atoms with E-state index in [-0.39, 0.29) is 0 Å². The van der Waals surface area contributed by atoms with Crippen molar-refractivity contribution in [2.75, 3.05) is 0 Å². The zero-order chi connectivity index (χ0) is 12.3. The van der Waals surface area contributed by atoms with Gasteiger partial charge in [-0.1, -0.05) is 45.7 Å². The third-order valence-electron chi connectivity index (χ3n) is 2.43. The summed E-state index contributed by atoms with van der Waals surface area (Å²) in [5, 5.41) is 0.733. The fourth-order valence-electron chi connectivity index (χ4n) is 1.52. The molecule has 0 aliphatic carbocycles. The Balaban J connectivity index is 2.09. The minimum Gasteiger partial charge on any atom is -0.489 e. The summed E-state index contributed by atoms with van der Waals surface area (Å²) >= 11 is 9.35. The molecule has 0 saturated heterocycles. The van der Waals surface area contributed by atoms with Crippen LogP contribution in [0.1, 0.15) is 11.1 Å². The standard InChI is InChI=1S/C14H12BrClO/c1-10-5-6-12(15)8-14(10)17-9-11-3-2-4-13(16)7-11/h2-8H,9H2,1H3. The van der Waals surface area contributed by atoms with Gasteiger partial charge < -0.3 is 4.74 Å². The van der Waals surface area contributed by atoms with Gasteiger partial charge in [-0.3, -0.25) is 0 Å². The molecule has 0 aromatic heterocycles. The van der Waals surface area contributed by atoms with Crippen LogP contribution in [0.25, 0.3) is 0 Å². The molecule has 88 valence electrons. The van der Waals surface area contributed by atoms with E-state index in [0.29, 0.717) is 6.61 Å². The Kier molecular flexibility index (Phi) is 4.08.